The Bertz CT molecular complexity index is 299. The van der Waals surface area contributed by atoms with E-state index in [1.165, 1.54) is 6.07 Å². The van der Waals surface area contributed by atoms with Gasteiger partial charge in [0.2, 0.25) is 0 Å². The molecule has 0 aromatic heterocycles. The molecule has 0 aliphatic carbocycles. The molecule has 0 unspecified atom stereocenters. The van der Waals surface area contributed by atoms with Crippen LogP contribution in [0.3, 0.4) is 0 Å². The van der Waals surface area contributed by atoms with Gasteiger partial charge < -0.3 is 4.74 Å². The van der Waals surface area contributed by atoms with E-state index in [0.29, 0.717) is 13.0 Å². The van der Waals surface area contributed by atoms with Crippen molar-refractivity contribution in [2.75, 3.05) is 6.61 Å². The van der Waals surface area contributed by atoms with Crippen molar-refractivity contribution in [3.8, 4) is 5.75 Å². The van der Waals surface area contributed by atoms with Gasteiger partial charge in [0.1, 0.15) is 0 Å². The Morgan fingerprint density at radius 2 is 2.31 bits per heavy atom. The molecule has 0 fully saturated rings. The predicted molar refractivity (Wildman–Crippen MR) is 54.4 cm³/mol. The van der Waals surface area contributed by atoms with E-state index < -0.39 is 0 Å². The smallest absolute Gasteiger partial charge is 0.165 e. The number of benzene rings is 1. The molecule has 0 amide bonds. The van der Waals surface area contributed by atoms with E-state index in [1.54, 1.807) is 18.2 Å². The number of hydrogen-bond donors (Lipinski definition) is 0. The van der Waals surface area contributed by atoms with Crippen molar-refractivity contribution in [2.24, 2.45) is 0 Å². The standard InChI is InChI=1S/C10H10BrFO/c1-2-3-6-13-10-7-8(11)4-5-9(10)12/h2,4-5,7H,1,3,6H2. The summed E-state index contributed by atoms with van der Waals surface area (Å²) in [6.45, 7) is 4.00. The second-order valence-corrected chi connectivity index (χ2v) is 3.42. The number of ether oxygens (including phenoxy) is 1. The largest absolute Gasteiger partial charge is 0.490 e. The number of halogens is 2. The first-order valence-corrected chi connectivity index (χ1v) is 4.72. The molecule has 13 heavy (non-hydrogen) atoms. The highest BCUT2D eigenvalue weighted by Gasteiger charge is 2.02. The van der Waals surface area contributed by atoms with Gasteiger partial charge in [-0.2, -0.15) is 0 Å². The van der Waals surface area contributed by atoms with Gasteiger partial charge in [-0.05, 0) is 24.6 Å². The summed E-state index contributed by atoms with van der Waals surface area (Å²) < 4.78 is 19.0. The molecule has 0 atom stereocenters. The van der Waals surface area contributed by atoms with Crippen LogP contribution >= 0.6 is 15.9 Å². The third-order valence-electron chi connectivity index (χ3n) is 1.47. The van der Waals surface area contributed by atoms with Crippen LogP contribution in [0.5, 0.6) is 5.75 Å². The third kappa shape index (κ3) is 3.19. The molecule has 0 saturated carbocycles. The quantitative estimate of drug-likeness (QED) is 0.582. The van der Waals surface area contributed by atoms with Crippen LogP contribution in [0.1, 0.15) is 6.42 Å². The molecule has 3 heteroatoms. The van der Waals surface area contributed by atoms with Crippen LogP contribution in [0, 0.1) is 5.82 Å². The second kappa shape index (κ2) is 5.02. The first-order valence-electron chi connectivity index (χ1n) is 3.93. The summed E-state index contributed by atoms with van der Waals surface area (Å²) in [5.41, 5.74) is 0. The maximum absolute atomic E-state index is 13.0. The maximum atomic E-state index is 13.0. The summed E-state index contributed by atoms with van der Waals surface area (Å²) in [4.78, 5) is 0. The lowest BCUT2D eigenvalue weighted by Gasteiger charge is -2.05. The first kappa shape index (κ1) is 10.3. The zero-order chi connectivity index (χ0) is 9.68. The lowest BCUT2D eigenvalue weighted by Crippen LogP contribution is -1.97. The maximum Gasteiger partial charge on any atom is 0.165 e. The highest BCUT2D eigenvalue weighted by molar-refractivity contribution is 9.10. The Balaban J connectivity index is 2.64. The normalized spacial score (nSPS) is 9.69. The molecule has 0 saturated heterocycles. The number of hydrogen-bond acceptors (Lipinski definition) is 1. The average molecular weight is 245 g/mol. The molecule has 0 aliphatic heterocycles. The Morgan fingerprint density at radius 3 is 3.00 bits per heavy atom. The number of rotatable bonds is 4. The van der Waals surface area contributed by atoms with Crippen LogP contribution in [0.25, 0.3) is 0 Å². The summed E-state index contributed by atoms with van der Waals surface area (Å²) in [6, 6.07) is 4.61. The van der Waals surface area contributed by atoms with Crippen molar-refractivity contribution in [3.05, 3.63) is 41.1 Å². The van der Waals surface area contributed by atoms with Gasteiger partial charge in [-0.3, -0.25) is 0 Å². The molecular weight excluding hydrogens is 235 g/mol. The molecule has 1 aromatic carbocycles. The summed E-state index contributed by atoms with van der Waals surface area (Å²) in [5.74, 6) is -0.0662. The van der Waals surface area contributed by atoms with Gasteiger partial charge >= 0.3 is 0 Å². The molecule has 0 bridgehead atoms. The molecule has 0 radical (unpaired) electrons. The Labute approximate surface area is 85.3 Å². The summed E-state index contributed by atoms with van der Waals surface area (Å²) >= 11 is 3.24. The molecule has 1 aromatic rings. The summed E-state index contributed by atoms with van der Waals surface area (Å²) in [7, 11) is 0. The lowest BCUT2D eigenvalue weighted by atomic mass is 10.3. The van der Waals surface area contributed by atoms with Crippen LogP contribution in [-0.4, -0.2) is 6.61 Å². The van der Waals surface area contributed by atoms with E-state index in [2.05, 4.69) is 22.5 Å². The van der Waals surface area contributed by atoms with Crippen LogP contribution < -0.4 is 4.74 Å². The van der Waals surface area contributed by atoms with E-state index in [1.807, 2.05) is 0 Å². The average Bonchev–Trinajstić information content (AvgIpc) is 2.11. The highest BCUT2D eigenvalue weighted by atomic mass is 79.9. The third-order valence-corrected chi connectivity index (χ3v) is 1.97. The Morgan fingerprint density at radius 1 is 1.54 bits per heavy atom. The van der Waals surface area contributed by atoms with E-state index in [9.17, 15) is 4.39 Å². The van der Waals surface area contributed by atoms with Crippen molar-refractivity contribution < 1.29 is 9.13 Å². The lowest BCUT2D eigenvalue weighted by molar-refractivity contribution is 0.308. The van der Waals surface area contributed by atoms with Gasteiger partial charge in [0.25, 0.3) is 0 Å². The monoisotopic (exact) mass is 244 g/mol. The van der Waals surface area contributed by atoms with E-state index >= 15 is 0 Å². The van der Waals surface area contributed by atoms with Crippen LogP contribution in [0.2, 0.25) is 0 Å². The minimum Gasteiger partial charge on any atom is -0.490 e. The molecule has 0 N–H and O–H groups in total. The Kier molecular flexibility index (Phi) is 3.96. The molecule has 70 valence electrons. The molecule has 0 heterocycles. The Hall–Kier alpha value is -0.830. The molecular formula is C10H10BrFO. The van der Waals surface area contributed by atoms with Crippen LogP contribution in [-0.2, 0) is 0 Å². The van der Waals surface area contributed by atoms with E-state index in [0.717, 1.165) is 4.47 Å². The predicted octanol–water partition coefficient (Wildman–Crippen LogP) is 3.54. The van der Waals surface area contributed by atoms with Crippen LogP contribution in [0.4, 0.5) is 4.39 Å². The van der Waals surface area contributed by atoms with Crippen molar-refractivity contribution in [3.63, 3.8) is 0 Å². The van der Waals surface area contributed by atoms with Crippen molar-refractivity contribution in [1.29, 1.82) is 0 Å². The molecule has 1 rings (SSSR count). The molecule has 0 spiro atoms. The van der Waals surface area contributed by atoms with E-state index in [-0.39, 0.29) is 11.6 Å². The highest BCUT2D eigenvalue weighted by Crippen LogP contribution is 2.22. The van der Waals surface area contributed by atoms with Gasteiger partial charge in [-0.15, -0.1) is 6.58 Å². The summed E-state index contributed by atoms with van der Waals surface area (Å²) in [6.07, 6.45) is 2.45. The topological polar surface area (TPSA) is 9.23 Å². The first-order chi connectivity index (χ1) is 6.24. The zero-order valence-electron chi connectivity index (χ0n) is 7.09. The second-order valence-electron chi connectivity index (χ2n) is 2.50. The minimum absolute atomic E-state index is 0.274. The van der Waals surface area contributed by atoms with Crippen molar-refractivity contribution in [2.45, 2.75) is 6.42 Å². The van der Waals surface area contributed by atoms with Crippen molar-refractivity contribution in [1.82, 2.24) is 0 Å². The molecule has 0 aliphatic rings. The zero-order valence-corrected chi connectivity index (χ0v) is 8.68. The van der Waals surface area contributed by atoms with Crippen molar-refractivity contribution >= 4 is 15.9 Å². The van der Waals surface area contributed by atoms with E-state index in [4.69, 9.17) is 4.74 Å². The van der Waals surface area contributed by atoms with Gasteiger partial charge in [0.15, 0.2) is 11.6 Å². The fourth-order valence-corrected chi connectivity index (χ4v) is 1.18. The summed E-state index contributed by atoms with van der Waals surface area (Å²) in [5, 5.41) is 0. The van der Waals surface area contributed by atoms with Gasteiger partial charge in [-0.25, -0.2) is 4.39 Å². The van der Waals surface area contributed by atoms with Crippen LogP contribution in [0.15, 0.2) is 35.3 Å². The fourth-order valence-electron chi connectivity index (χ4n) is 0.840. The van der Waals surface area contributed by atoms with Gasteiger partial charge in [0.05, 0.1) is 6.61 Å². The van der Waals surface area contributed by atoms with Gasteiger partial charge in [-0.1, -0.05) is 22.0 Å². The molecule has 1 nitrogen and oxygen atoms in total. The fraction of sp³-hybridized carbons (Fsp3) is 0.200. The van der Waals surface area contributed by atoms with Gasteiger partial charge in [0, 0.05) is 4.47 Å². The SMILES string of the molecule is C=CCCOc1cc(Br)ccc1F. The minimum atomic E-state index is -0.340.